The maximum Gasteiger partial charge on any atom is 0.333 e. The molecular formula is C21H28O3. The molecule has 0 saturated carbocycles. The summed E-state index contributed by atoms with van der Waals surface area (Å²) in [6.45, 7) is 8.10. The third kappa shape index (κ3) is 2.59. The molecule has 0 heterocycles. The first-order valence-corrected chi connectivity index (χ1v) is 8.82. The summed E-state index contributed by atoms with van der Waals surface area (Å²) < 4.78 is 4.97. The standard InChI is InChI=1S/C21H28O3/c1-13-16(19(22)24-5)10-11-21(4)17(13)8-6-14-12-15(20(2,3)23)7-9-18(14)21/h7,9,12,17,23H,6,8,10-11H2,1-5H3/t17-,21-/m0/s1. The molecule has 0 radical (unpaired) electrons. The minimum Gasteiger partial charge on any atom is -0.466 e. The lowest BCUT2D eigenvalue weighted by Gasteiger charge is -2.47. The number of rotatable bonds is 2. The van der Waals surface area contributed by atoms with Crippen molar-refractivity contribution in [2.24, 2.45) is 5.92 Å². The second-order valence-electron chi connectivity index (χ2n) is 8.09. The molecule has 2 aliphatic rings. The van der Waals surface area contributed by atoms with Gasteiger partial charge in [-0.3, -0.25) is 0 Å². The minimum absolute atomic E-state index is 0.0628. The molecule has 130 valence electrons. The molecule has 24 heavy (non-hydrogen) atoms. The number of ether oxygens (including phenoxy) is 1. The number of fused-ring (bicyclic) bond motifs is 3. The lowest BCUT2D eigenvalue weighted by Crippen LogP contribution is -2.41. The lowest BCUT2D eigenvalue weighted by atomic mass is 9.56. The highest BCUT2D eigenvalue weighted by Crippen LogP contribution is 2.52. The topological polar surface area (TPSA) is 46.5 Å². The first kappa shape index (κ1) is 17.2. The van der Waals surface area contributed by atoms with Crippen LogP contribution in [0.5, 0.6) is 0 Å². The summed E-state index contributed by atoms with van der Waals surface area (Å²) in [7, 11) is 1.46. The molecule has 3 heteroatoms. The highest BCUT2D eigenvalue weighted by atomic mass is 16.5. The van der Waals surface area contributed by atoms with Crippen molar-refractivity contribution in [1.29, 1.82) is 0 Å². The van der Waals surface area contributed by atoms with Crippen molar-refractivity contribution in [3.8, 4) is 0 Å². The van der Waals surface area contributed by atoms with Gasteiger partial charge < -0.3 is 9.84 Å². The monoisotopic (exact) mass is 328 g/mol. The summed E-state index contributed by atoms with van der Waals surface area (Å²) in [4.78, 5) is 12.0. The number of hydrogen-bond donors (Lipinski definition) is 1. The summed E-state index contributed by atoms with van der Waals surface area (Å²) >= 11 is 0. The van der Waals surface area contributed by atoms with Crippen molar-refractivity contribution in [2.45, 2.75) is 64.4 Å². The molecule has 0 saturated heterocycles. The van der Waals surface area contributed by atoms with E-state index in [0.717, 1.165) is 36.8 Å². The highest BCUT2D eigenvalue weighted by molar-refractivity contribution is 5.89. The van der Waals surface area contributed by atoms with E-state index in [1.165, 1.54) is 23.8 Å². The molecule has 0 aromatic heterocycles. The predicted octanol–water partition coefficient (Wildman–Crippen LogP) is 4.02. The van der Waals surface area contributed by atoms with Gasteiger partial charge >= 0.3 is 5.97 Å². The van der Waals surface area contributed by atoms with Crippen molar-refractivity contribution in [2.75, 3.05) is 7.11 Å². The molecule has 1 N–H and O–H groups in total. The van der Waals surface area contributed by atoms with Crippen LogP contribution in [0.15, 0.2) is 29.3 Å². The Morgan fingerprint density at radius 2 is 2.04 bits per heavy atom. The Morgan fingerprint density at radius 3 is 2.67 bits per heavy atom. The van der Waals surface area contributed by atoms with E-state index in [1.54, 1.807) is 0 Å². The lowest BCUT2D eigenvalue weighted by molar-refractivity contribution is -0.136. The quantitative estimate of drug-likeness (QED) is 0.834. The van der Waals surface area contributed by atoms with Crippen LogP contribution in [0.2, 0.25) is 0 Å². The number of aryl methyl sites for hydroxylation is 1. The van der Waals surface area contributed by atoms with E-state index in [-0.39, 0.29) is 11.4 Å². The van der Waals surface area contributed by atoms with E-state index < -0.39 is 5.60 Å². The van der Waals surface area contributed by atoms with Crippen LogP contribution in [0.25, 0.3) is 0 Å². The minimum atomic E-state index is -0.812. The van der Waals surface area contributed by atoms with Crippen LogP contribution < -0.4 is 0 Å². The largest absolute Gasteiger partial charge is 0.466 e. The van der Waals surface area contributed by atoms with E-state index in [9.17, 15) is 9.90 Å². The number of carbonyl (C=O) groups is 1. The van der Waals surface area contributed by atoms with E-state index in [2.05, 4.69) is 32.0 Å². The summed E-state index contributed by atoms with van der Waals surface area (Å²) in [5, 5.41) is 10.3. The Kier molecular flexibility index (Phi) is 4.11. The van der Waals surface area contributed by atoms with Crippen LogP contribution in [0.4, 0.5) is 0 Å². The first-order chi connectivity index (χ1) is 11.2. The number of carbonyl (C=O) groups excluding carboxylic acids is 1. The van der Waals surface area contributed by atoms with Crippen LogP contribution >= 0.6 is 0 Å². The Labute approximate surface area is 144 Å². The van der Waals surface area contributed by atoms with E-state index in [0.29, 0.717) is 5.92 Å². The molecule has 0 spiro atoms. The number of aliphatic hydroxyl groups is 1. The maximum atomic E-state index is 12.0. The summed E-state index contributed by atoms with van der Waals surface area (Å²) in [5.74, 6) is 0.221. The van der Waals surface area contributed by atoms with E-state index in [4.69, 9.17) is 4.74 Å². The molecule has 1 aromatic carbocycles. The predicted molar refractivity (Wildman–Crippen MR) is 94.8 cm³/mol. The van der Waals surface area contributed by atoms with Gasteiger partial charge in [-0.15, -0.1) is 0 Å². The second kappa shape index (κ2) is 5.73. The second-order valence-corrected chi connectivity index (χ2v) is 8.09. The zero-order valence-electron chi connectivity index (χ0n) is 15.4. The summed E-state index contributed by atoms with van der Waals surface area (Å²) in [6.07, 6.45) is 3.78. The van der Waals surface area contributed by atoms with Crippen LogP contribution in [-0.2, 0) is 27.0 Å². The molecule has 0 amide bonds. The molecule has 3 rings (SSSR count). The number of methoxy groups -OCH3 is 1. The number of hydrogen-bond acceptors (Lipinski definition) is 3. The molecular weight excluding hydrogens is 300 g/mol. The van der Waals surface area contributed by atoms with Gasteiger partial charge in [0.05, 0.1) is 12.7 Å². The Hall–Kier alpha value is -1.61. The molecule has 2 atom stereocenters. The van der Waals surface area contributed by atoms with Gasteiger partial charge in [0.2, 0.25) is 0 Å². The van der Waals surface area contributed by atoms with Crippen LogP contribution in [-0.4, -0.2) is 18.2 Å². The van der Waals surface area contributed by atoms with Gasteiger partial charge in [0.25, 0.3) is 0 Å². The van der Waals surface area contributed by atoms with Crippen LogP contribution in [0.1, 0.15) is 63.6 Å². The Balaban J connectivity index is 2.04. The number of esters is 1. The van der Waals surface area contributed by atoms with Crippen molar-refractivity contribution in [3.63, 3.8) is 0 Å². The molecule has 1 aromatic rings. The molecule has 0 aliphatic heterocycles. The van der Waals surface area contributed by atoms with Crippen molar-refractivity contribution in [1.82, 2.24) is 0 Å². The number of benzene rings is 1. The van der Waals surface area contributed by atoms with Gasteiger partial charge in [-0.25, -0.2) is 4.79 Å². The van der Waals surface area contributed by atoms with Gasteiger partial charge in [-0.05, 0) is 74.5 Å². The van der Waals surface area contributed by atoms with Gasteiger partial charge in [-0.2, -0.15) is 0 Å². The van der Waals surface area contributed by atoms with Crippen molar-refractivity contribution < 1.29 is 14.6 Å². The van der Waals surface area contributed by atoms with Gasteiger partial charge in [0.1, 0.15) is 0 Å². The zero-order valence-corrected chi connectivity index (χ0v) is 15.4. The van der Waals surface area contributed by atoms with Gasteiger partial charge in [0, 0.05) is 5.57 Å². The third-order valence-electron chi connectivity index (χ3n) is 6.22. The van der Waals surface area contributed by atoms with Gasteiger partial charge in [0.15, 0.2) is 0 Å². The van der Waals surface area contributed by atoms with E-state index >= 15 is 0 Å². The van der Waals surface area contributed by atoms with Crippen molar-refractivity contribution in [3.05, 3.63) is 46.0 Å². The third-order valence-corrected chi connectivity index (χ3v) is 6.22. The summed E-state index contributed by atoms with van der Waals surface area (Å²) in [6, 6.07) is 6.43. The molecule has 0 unspecified atom stereocenters. The summed E-state index contributed by atoms with van der Waals surface area (Å²) in [5.41, 5.74) is 5.03. The fraction of sp³-hybridized carbons (Fsp3) is 0.571. The smallest absolute Gasteiger partial charge is 0.333 e. The van der Waals surface area contributed by atoms with Crippen molar-refractivity contribution >= 4 is 5.97 Å². The van der Waals surface area contributed by atoms with E-state index in [1.807, 2.05) is 13.8 Å². The average Bonchev–Trinajstić information content (AvgIpc) is 2.53. The number of allylic oxidation sites excluding steroid dienone is 1. The van der Waals surface area contributed by atoms with Gasteiger partial charge in [-0.1, -0.05) is 30.7 Å². The Morgan fingerprint density at radius 1 is 1.33 bits per heavy atom. The fourth-order valence-electron chi connectivity index (χ4n) is 4.73. The molecule has 0 fully saturated rings. The molecule has 2 aliphatic carbocycles. The maximum absolute atomic E-state index is 12.0. The average molecular weight is 328 g/mol. The normalized spacial score (nSPS) is 26.7. The van der Waals surface area contributed by atoms with Crippen LogP contribution in [0, 0.1) is 5.92 Å². The molecule has 3 nitrogen and oxygen atoms in total. The SMILES string of the molecule is COC(=O)C1=C(C)[C@@H]2CCc3cc(C(C)(C)O)ccc3[C@@]2(C)CC1. The highest BCUT2D eigenvalue weighted by Gasteiger charge is 2.45. The first-order valence-electron chi connectivity index (χ1n) is 8.82. The fourth-order valence-corrected chi connectivity index (χ4v) is 4.73. The zero-order chi connectivity index (χ0) is 17.7. The van der Waals surface area contributed by atoms with Crippen LogP contribution in [0.3, 0.4) is 0 Å². The molecule has 0 bridgehead atoms. The Bertz CT molecular complexity index is 708.